The third-order valence-corrected chi connectivity index (χ3v) is 4.05. The summed E-state index contributed by atoms with van der Waals surface area (Å²) in [6.07, 6.45) is 0.646. The normalized spacial score (nSPS) is 22.0. The second-order valence-electron chi connectivity index (χ2n) is 5.53. The smallest absolute Gasteiger partial charge is 0.227 e. The van der Waals surface area contributed by atoms with Gasteiger partial charge in [-0.1, -0.05) is 13.0 Å². The van der Waals surface area contributed by atoms with Gasteiger partial charge in [-0.2, -0.15) is 0 Å². The number of hydrogen-bond acceptors (Lipinski definition) is 4. The Bertz CT molecular complexity index is 503. The Morgan fingerprint density at radius 1 is 1.38 bits per heavy atom. The van der Waals surface area contributed by atoms with Crippen molar-refractivity contribution < 1.29 is 19.4 Å². The largest absolute Gasteiger partial charge is 0.497 e. The number of carbonyl (C=O) groups is 1. The zero-order valence-electron chi connectivity index (χ0n) is 12.8. The van der Waals surface area contributed by atoms with Gasteiger partial charge in [0.05, 0.1) is 26.7 Å². The molecule has 1 aliphatic heterocycles. The van der Waals surface area contributed by atoms with Crippen molar-refractivity contribution in [2.45, 2.75) is 25.9 Å². The molecule has 0 aliphatic carbocycles. The number of carbonyl (C=O) groups excluding carboxylic acids is 1. The van der Waals surface area contributed by atoms with E-state index < -0.39 is 0 Å². The molecule has 1 saturated heterocycles. The molecule has 0 saturated carbocycles. The van der Waals surface area contributed by atoms with Gasteiger partial charge in [0.2, 0.25) is 5.91 Å². The molecule has 1 N–H and O–H groups in total. The molecule has 2 atom stereocenters. The molecule has 116 valence electrons. The van der Waals surface area contributed by atoms with E-state index in [4.69, 9.17) is 9.47 Å². The second kappa shape index (κ2) is 6.80. The van der Waals surface area contributed by atoms with Gasteiger partial charge in [0.15, 0.2) is 0 Å². The highest BCUT2D eigenvalue weighted by Crippen LogP contribution is 2.26. The molecule has 5 heteroatoms. The monoisotopic (exact) mass is 293 g/mol. The number of methoxy groups -OCH3 is 2. The molecule has 0 aromatic heterocycles. The topological polar surface area (TPSA) is 59.0 Å². The highest BCUT2D eigenvalue weighted by molar-refractivity contribution is 5.79. The van der Waals surface area contributed by atoms with Crippen LogP contribution >= 0.6 is 0 Å². The maximum absolute atomic E-state index is 12.4. The maximum atomic E-state index is 12.4. The Kier molecular flexibility index (Phi) is 5.07. The fourth-order valence-corrected chi connectivity index (χ4v) is 2.63. The number of rotatable bonds is 4. The minimum Gasteiger partial charge on any atom is -0.497 e. The van der Waals surface area contributed by atoms with Gasteiger partial charge in [0, 0.05) is 24.7 Å². The zero-order chi connectivity index (χ0) is 15.4. The molecule has 0 spiro atoms. The van der Waals surface area contributed by atoms with E-state index >= 15 is 0 Å². The van der Waals surface area contributed by atoms with Crippen LogP contribution in [0.15, 0.2) is 18.2 Å². The number of aliphatic hydroxyl groups excluding tert-OH is 1. The number of ether oxygens (including phenoxy) is 2. The van der Waals surface area contributed by atoms with Crippen LogP contribution in [-0.2, 0) is 11.2 Å². The summed E-state index contributed by atoms with van der Waals surface area (Å²) in [5, 5.41) is 9.73. The summed E-state index contributed by atoms with van der Waals surface area (Å²) in [4.78, 5) is 14.2. The lowest BCUT2D eigenvalue weighted by atomic mass is 9.96. The molecular weight excluding hydrogens is 270 g/mol. The van der Waals surface area contributed by atoms with Crippen LogP contribution in [0.5, 0.6) is 11.5 Å². The van der Waals surface area contributed by atoms with Crippen LogP contribution in [-0.4, -0.2) is 49.3 Å². The van der Waals surface area contributed by atoms with Crippen LogP contribution in [0.4, 0.5) is 0 Å². The van der Waals surface area contributed by atoms with Gasteiger partial charge in [-0.15, -0.1) is 0 Å². The van der Waals surface area contributed by atoms with Gasteiger partial charge in [-0.05, 0) is 18.4 Å². The molecular formula is C16H23NO4. The first-order chi connectivity index (χ1) is 10.0. The van der Waals surface area contributed by atoms with E-state index in [-0.39, 0.29) is 17.9 Å². The van der Waals surface area contributed by atoms with Crippen molar-refractivity contribution in [3.63, 3.8) is 0 Å². The second-order valence-corrected chi connectivity index (χ2v) is 5.53. The molecule has 1 fully saturated rings. The number of piperidine rings is 1. The van der Waals surface area contributed by atoms with E-state index in [1.54, 1.807) is 20.3 Å². The van der Waals surface area contributed by atoms with Gasteiger partial charge in [-0.25, -0.2) is 0 Å². The Balaban J connectivity index is 2.06. The van der Waals surface area contributed by atoms with E-state index in [1.165, 1.54) is 0 Å². The lowest BCUT2D eigenvalue weighted by molar-refractivity contribution is -0.134. The average Bonchev–Trinajstić information content (AvgIpc) is 2.50. The fourth-order valence-electron chi connectivity index (χ4n) is 2.63. The van der Waals surface area contributed by atoms with Gasteiger partial charge >= 0.3 is 0 Å². The van der Waals surface area contributed by atoms with Crippen LogP contribution in [0.25, 0.3) is 0 Å². The molecule has 1 amide bonds. The summed E-state index contributed by atoms with van der Waals surface area (Å²) in [6.45, 7) is 3.19. The van der Waals surface area contributed by atoms with Gasteiger partial charge in [-0.3, -0.25) is 4.79 Å². The third-order valence-electron chi connectivity index (χ3n) is 4.05. The van der Waals surface area contributed by atoms with E-state index in [1.807, 2.05) is 24.0 Å². The van der Waals surface area contributed by atoms with Gasteiger partial charge in [0.1, 0.15) is 11.5 Å². The van der Waals surface area contributed by atoms with Gasteiger partial charge in [0.25, 0.3) is 0 Å². The molecule has 2 rings (SSSR count). The molecule has 21 heavy (non-hydrogen) atoms. The summed E-state index contributed by atoms with van der Waals surface area (Å²) in [6, 6.07) is 5.47. The minimum atomic E-state index is -0.301. The van der Waals surface area contributed by atoms with Gasteiger partial charge < -0.3 is 19.5 Å². The van der Waals surface area contributed by atoms with Crippen molar-refractivity contribution in [2.75, 3.05) is 27.3 Å². The lowest BCUT2D eigenvalue weighted by Crippen LogP contribution is -2.45. The number of aliphatic hydroxyl groups is 1. The number of likely N-dealkylation sites (tertiary alicyclic amines) is 1. The van der Waals surface area contributed by atoms with E-state index in [9.17, 15) is 9.90 Å². The molecule has 1 aliphatic rings. The van der Waals surface area contributed by atoms with Crippen molar-refractivity contribution in [3.8, 4) is 11.5 Å². The number of amides is 1. The van der Waals surface area contributed by atoms with Crippen molar-refractivity contribution >= 4 is 5.91 Å². The van der Waals surface area contributed by atoms with Crippen LogP contribution in [0, 0.1) is 5.92 Å². The summed E-state index contributed by atoms with van der Waals surface area (Å²) in [5.41, 5.74) is 0.849. The van der Waals surface area contributed by atoms with Crippen LogP contribution in [0.2, 0.25) is 0 Å². The van der Waals surface area contributed by atoms with E-state index in [0.29, 0.717) is 37.4 Å². The predicted octanol–water partition coefficient (Wildman–Crippen LogP) is 1.48. The highest BCUT2D eigenvalue weighted by Gasteiger charge is 2.27. The van der Waals surface area contributed by atoms with Crippen molar-refractivity contribution in [1.29, 1.82) is 0 Å². The number of benzene rings is 1. The van der Waals surface area contributed by atoms with Crippen LogP contribution in [0.3, 0.4) is 0 Å². The first kappa shape index (κ1) is 15.6. The van der Waals surface area contributed by atoms with Crippen molar-refractivity contribution in [2.24, 2.45) is 5.92 Å². The van der Waals surface area contributed by atoms with E-state index in [2.05, 4.69) is 0 Å². The predicted molar refractivity (Wildman–Crippen MR) is 79.6 cm³/mol. The van der Waals surface area contributed by atoms with Crippen LogP contribution in [0.1, 0.15) is 18.9 Å². The van der Waals surface area contributed by atoms with Crippen molar-refractivity contribution in [3.05, 3.63) is 23.8 Å². The minimum absolute atomic E-state index is 0.0669. The Hall–Kier alpha value is -1.75. The lowest BCUT2D eigenvalue weighted by Gasteiger charge is -2.34. The first-order valence-electron chi connectivity index (χ1n) is 7.22. The molecule has 0 bridgehead atoms. The Morgan fingerprint density at radius 3 is 2.76 bits per heavy atom. The number of hydrogen-bond donors (Lipinski definition) is 1. The quantitative estimate of drug-likeness (QED) is 0.913. The standard InChI is InChI=1S/C16H23NO4/c1-11-10-17(7-6-14(11)18)16(19)8-12-4-5-13(20-2)9-15(12)21-3/h4-5,9,11,14,18H,6-8,10H2,1-3H3. The fraction of sp³-hybridized carbons (Fsp3) is 0.562. The van der Waals surface area contributed by atoms with Crippen molar-refractivity contribution in [1.82, 2.24) is 4.90 Å². The number of nitrogens with zero attached hydrogens (tertiary/aromatic N) is 1. The maximum Gasteiger partial charge on any atom is 0.227 e. The third kappa shape index (κ3) is 3.67. The molecule has 5 nitrogen and oxygen atoms in total. The molecule has 1 aromatic carbocycles. The Labute approximate surface area is 125 Å². The van der Waals surface area contributed by atoms with E-state index in [0.717, 1.165) is 5.56 Å². The van der Waals surface area contributed by atoms with Crippen LogP contribution < -0.4 is 9.47 Å². The SMILES string of the molecule is COc1ccc(CC(=O)N2CCC(O)C(C)C2)c(OC)c1. The first-order valence-corrected chi connectivity index (χ1v) is 7.22. The molecule has 0 radical (unpaired) electrons. The summed E-state index contributed by atoms with van der Waals surface area (Å²) in [7, 11) is 3.18. The molecule has 1 aromatic rings. The summed E-state index contributed by atoms with van der Waals surface area (Å²) < 4.78 is 10.5. The Morgan fingerprint density at radius 2 is 2.14 bits per heavy atom. The average molecular weight is 293 g/mol. The molecule has 1 heterocycles. The zero-order valence-corrected chi connectivity index (χ0v) is 12.8. The highest BCUT2D eigenvalue weighted by atomic mass is 16.5. The summed E-state index contributed by atoms with van der Waals surface area (Å²) >= 11 is 0. The molecule has 2 unspecified atom stereocenters. The summed E-state index contributed by atoms with van der Waals surface area (Å²) in [5.74, 6) is 1.56.